The molecule has 0 spiro atoms. The van der Waals surface area contributed by atoms with Gasteiger partial charge in [-0.1, -0.05) is 18.2 Å². The molecule has 3 heterocycles. The lowest BCUT2D eigenvalue weighted by Gasteiger charge is -2.35. The van der Waals surface area contributed by atoms with E-state index in [0.717, 1.165) is 29.5 Å². The SMILES string of the molecule is CN(C)C(=O)c1ccc(-c2cc3nccc(-c4ccc(OC5CCOC(C)(C)C5)c(C#N)c4)c3o2)cc1. The van der Waals surface area contributed by atoms with Gasteiger partial charge in [0.2, 0.25) is 0 Å². The molecule has 1 aliphatic heterocycles. The molecule has 1 amide bonds. The number of hydrogen-bond donors (Lipinski definition) is 0. The number of nitrogens with zero attached hydrogens (tertiary/aromatic N) is 3. The van der Waals surface area contributed by atoms with E-state index < -0.39 is 0 Å². The summed E-state index contributed by atoms with van der Waals surface area (Å²) in [5.41, 5.74) is 4.72. The van der Waals surface area contributed by atoms with Crippen molar-refractivity contribution in [3.05, 3.63) is 71.9 Å². The first kappa shape index (κ1) is 24.5. The van der Waals surface area contributed by atoms with Crippen LogP contribution in [0.4, 0.5) is 0 Å². The van der Waals surface area contributed by atoms with Crippen LogP contribution in [0.15, 0.2) is 65.2 Å². The van der Waals surface area contributed by atoms with E-state index in [-0.39, 0.29) is 17.6 Å². The molecule has 1 atom stereocenters. The number of fused-ring (bicyclic) bond motifs is 1. The van der Waals surface area contributed by atoms with Crippen molar-refractivity contribution in [1.29, 1.82) is 5.26 Å². The molecule has 0 bridgehead atoms. The molecule has 1 saturated heterocycles. The summed E-state index contributed by atoms with van der Waals surface area (Å²) in [5.74, 6) is 1.18. The monoisotopic (exact) mass is 495 g/mol. The fourth-order valence-corrected chi connectivity index (χ4v) is 4.69. The molecule has 7 nitrogen and oxygen atoms in total. The maximum absolute atomic E-state index is 12.2. The fraction of sp³-hybridized carbons (Fsp3) is 0.300. The fourth-order valence-electron chi connectivity index (χ4n) is 4.69. The van der Waals surface area contributed by atoms with Crippen molar-refractivity contribution in [2.24, 2.45) is 0 Å². The predicted molar refractivity (Wildman–Crippen MR) is 141 cm³/mol. The number of amides is 1. The summed E-state index contributed by atoms with van der Waals surface area (Å²) in [6.45, 7) is 4.75. The maximum Gasteiger partial charge on any atom is 0.253 e. The summed E-state index contributed by atoms with van der Waals surface area (Å²) in [5, 5.41) is 9.87. The molecule has 0 saturated carbocycles. The summed E-state index contributed by atoms with van der Waals surface area (Å²) in [4.78, 5) is 18.2. The molecule has 1 unspecified atom stereocenters. The zero-order valence-electron chi connectivity index (χ0n) is 21.4. The molecule has 0 radical (unpaired) electrons. The summed E-state index contributed by atoms with van der Waals surface area (Å²) in [6.07, 6.45) is 3.29. The molecule has 1 fully saturated rings. The number of rotatable bonds is 5. The smallest absolute Gasteiger partial charge is 0.253 e. The lowest BCUT2D eigenvalue weighted by molar-refractivity contribution is -0.0897. The minimum Gasteiger partial charge on any atom is -0.489 e. The van der Waals surface area contributed by atoms with Gasteiger partial charge in [-0.15, -0.1) is 0 Å². The molecule has 0 N–H and O–H groups in total. The second-order valence-electron chi connectivity index (χ2n) is 10.1. The van der Waals surface area contributed by atoms with Crippen LogP contribution in [-0.2, 0) is 4.74 Å². The number of ether oxygens (including phenoxy) is 2. The maximum atomic E-state index is 12.2. The first-order valence-corrected chi connectivity index (χ1v) is 12.3. The van der Waals surface area contributed by atoms with Gasteiger partial charge in [0.25, 0.3) is 5.91 Å². The number of carbonyl (C=O) groups is 1. The van der Waals surface area contributed by atoms with Gasteiger partial charge in [-0.2, -0.15) is 5.26 Å². The number of furan rings is 1. The van der Waals surface area contributed by atoms with Gasteiger partial charge in [0.15, 0.2) is 5.58 Å². The highest BCUT2D eigenvalue weighted by atomic mass is 16.5. The van der Waals surface area contributed by atoms with Crippen LogP contribution in [0.1, 0.15) is 42.6 Å². The van der Waals surface area contributed by atoms with Gasteiger partial charge in [0, 0.05) is 55.9 Å². The number of nitriles is 1. The normalized spacial score (nSPS) is 16.8. The highest BCUT2D eigenvalue weighted by molar-refractivity contribution is 5.95. The van der Waals surface area contributed by atoms with Crippen molar-refractivity contribution in [3.63, 3.8) is 0 Å². The third kappa shape index (κ3) is 5.07. The standard InChI is InChI=1S/C30H29N3O4/c1-30(2)17-23(12-14-35-30)36-26-10-9-21(15-22(26)18-31)24-11-13-32-25-16-27(37-28(24)25)19-5-7-20(8-6-19)29(34)33(3)4/h5-11,13,15-16,23H,12,14,17H2,1-4H3. The number of hydrogen-bond acceptors (Lipinski definition) is 6. The molecule has 37 heavy (non-hydrogen) atoms. The first-order valence-electron chi connectivity index (χ1n) is 12.3. The van der Waals surface area contributed by atoms with Crippen LogP contribution in [0.3, 0.4) is 0 Å². The third-order valence-corrected chi connectivity index (χ3v) is 6.59. The topological polar surface area (TPSA) is 88.6 Å². The Morgan fingerprint density at radius 3 is 2.57 bits per heavy atom. The second kappa shape index (κ2) is 9.72. The van der Waals surface area contributed by atoms with Crippen LogP contribution < -0.4 is 4.74 Å². The molecule has 0 aliphatic carbocycles. The molecule has 2 aromatic carbocycles. The van der Waals surface area contributed by atoms with Gasteiger partial charge < -0.3 is 18.8 Å². The Morgan fingerprint density at radius 1 is 1.11 bits per heavy atom. The van der Waals surface area contributed by atoms with Crippen LogP contribution in [0.25, 0.3) is 33.6 Å². The number of benzene rings is 2. The van der Waals surface area contributed by atoms with Crippen molar-refractivity contribution < 1.29 is 18.7 Å². The Morgan fingerprint density at radius 2 is 1.86 bits per heavy atom. The van der Waals surface area contributed by atoms with E-state index in [4.69, 9.17) is 13.9 Å². The van der Waals surface area contributed by atoms with Gasteiger partial charge in [-0.25, -0.2) is 0 Å². The molecule has 188 valence electrons. The largest absolute Gasteiger partial charge is 0.489 e. The third-order valence-electron chi connectivity index (χ3n) is 6.59. The molecule has 2 aromatic heterocycles. The predicted octanol–water partition coefficient (Wildman–Crippen LogP) is 6.07. The highest BCUT2D eigenvalue weighted by Gasteiger charge is 2.30. The van der Waals surface area contributed by atoms with Crippen LogP contribution in [-0.4, -0.2) is 48.2 Å². The average molecular weight is 496 g/mol. The van der Waals surface area contributed by atoms with E-state index >= 15 is 0 Å². The van der Waals surface area contributed by atoms with Crippen molar-refractivity contribution in [2.75, 3.05) is 20.7 Å². The van der Waals surface area contributed by atoms with Gasteiger partial charge in [0.05, 0.1) is 17.8 Å². The van der Waals surface area contributed by atoms with E-state index in [9.17, 15) is 10.1 Å². The number of carbonyl (C=O) groups excluding carboxylic acids is 1. The summed E-state index contributed by atoms with van der Waals surface area (Å²) in [7, 11) is 3.45. The lowest BCUT2D eigenvalue weighted by Crippen LogP contribution is -2.39. The molecule has 7 heteroatoms. The minimum absolute atomic E-state index is 0.00127. The Labute approximate surface area is 216 Å². The van der Waals surface area contributed by atoms with E-state index in [2.05, 4.69) is 24.9 Å². The van der Waals surface area contributed by atoms with Crippen molar-refractivity contribution in [2.45, 2.75) is 38.4 Å². The van der Waals surface area contributed by atoms with Crippen LogP contribution in [0.5, 0.6) is 5.75 Å². The van der Waals surface area contributed by atoms with Gasteiger partial charge >= 0.3 is 0 Å². The molecular formula is C30H29N3O4. The van der Waals surface area contributed by atoms with Crippen LogP contribution in [0.2, 0.25) is 0 Å². The van der Waals surface area contributed by atoms with E-state index in [1.165, 1.54) is 0 Å². The van der Waals surface area contributed by atoms with Crippen molar-refractivity contribution >= 4 is 17.0 Å². The highest BCUT2D eigenvalue weighted by Crippen LogP contribution is 2.36. The Bertz CT molecular complexity index is 1500. The van der Waals surface area contributed by atoms with Crippen LogP contribution in [0, 0.1) is 11.3 Å². The molecule has 5 rings (SSSR count). The van der Waals surface area contributed by atoms with Crippen molar-refractivity contribution in [3.8, 4) is 34.3 Å². The van der Waals surface area contributed by atoms with Crippen LogP contribution >= 0.6 is 0 Å². The Kier molecular flexibility index (Phi) is 6.45. The second-order valence-corrected chi connectivity index (χ2v) is 10.1. The van der Waals surface area contributed by atoms with Gasteiger partial charge in [0.1, 0.15) is 29.2 Å². The lowest BCUT2D eigenvalue weighted by atomic mass is 9.95. The number of pyridine rings is 1. The summed E-state index contributed by atoms with van der Waals surface area (Å²) in [6, 6.07) is 19.0. The minimum atomic E-state index is -0.239. The summed E-state index contributed by atoms with van der Waals surface area (Å²) >= 11 is 0. The molecule has 1 aliphatic rings. The Balaban J connectivity index is 1.45. The first-order chi connectivity index (χ1) is 17.7. The molecule has 4 aromatic rings. The van der Waals surface area contributed by atoms with Gasteiger partial charge in [-0.05, 0) is 49.7 Å². The van der Waals surface area contributed by atoms with E-state index in [1.807, 2.05) is 42.5 Å². The average Bonchev–Trinajstić information content (AvgIpc) is 3.32. The molecular weight excluding hydrogens is 466 g/mol. The summed E-state index contributed by atoms with van der Waals surface area (Å²) < 4.78 is 18.3. The number of aromatic nitrogens is 1. The zero-order chi connectivity index (χ0) is 26.2. The van der Waals surface area contributed by atoms with E-state index in [0.29, 0.717) is 40.3 Å². The quantitative estimate of drug-likeness (QED) is 0.334. The zero-order valence-corrected chi connectivity index (χ0v) is 21.4. The van der Waals surface area contributed by atoms with Crippen molar-refractivity contribution in [1.82, 2.24) is 9.88 Å². The van der Waals surface area contributed by atoms with E-state index in [1.54, 1.807) is 37.3 Å². The van der Waals surface area contributed by atoms with Gasteiger partial charge in [-0.3, -0.25) is 9.78 Å². The Hall–Kier alpha value is -4.15.